The van der Waals surface area contributed by atoms with Gasteiger partial charge < -0.3 is 4.55 Å². The molecule has 0 saturated heterocycles. The monoisotopic (exact) mass is 375 g/mol. The van der Waals surface area contributed by atoms with Gasteiger partial charge in [0, 0.05) is 6.26 Å². The highest BCUT2D eigenvalue weighted by Crippen LogP contribution is 2.20. The van der Waals surface area contributed by atoms with Gasteiger partial charge in [0.2, 0.25) is 0 Å². The maximum absolute atomic E-state index is 12.3. The van der Waals surface area contributed by atoms with Crippen LogP contribution in [0.25, 0.3) is 0 Å². The van der Waals surface area contributed by atoms with Crippen molar-refractivity contribution in [2.24, 2.45) is 0 Å². The van der Waals surface area contributed by atoms with Crippen LogP contribution in [0.1, 0.15) is 0 Å². The normalized spacial score (nSPS) is 13.5. The van der Waals surface area contributed by atoms with Crippen molar-refractivity contribution in [3.8, 4) is 0 Å². The summed E-state index contributed by atoms with van der Waals surface area (Å²) < 4.78 is 69.9. The van der Waals surface area contributed by atoms with E-state index in [1.165, 1.54) is 42.5 Å². The summed E-state index contributed by atoms with van der Waals surface area (Å²) >= 11 is -2.24. The van der Waals surface area contributed by atoms with E-state index in [-0.39, 0.29) is 20.4 Å². The van der Waals surface area contributed by atoms with Gasteiger partial charge in [0.25, 0.3) is 10.0 Å². The molecule has 23 heavy (non-hydrogen) atoms. The zero-order valence-corrected chi connectivity index (χ0v) is 14.3. The molecule has 10 heteroatoms. The third kappa shape index (κ3) is 4.38. The van der Waals surface area contributed by atoms with E-state index in [9.17, 15) is 21.0 Å². The Morgan fingerprint density at radius 2 is 1.57 bits per heavy atom. The van der Waals surface area contributed by atoms with Crippen molar-refractivity contribution in [1.29, 1.82) is 0 Å². The third-order valence-electron chi connectivity index (χ3n) is 2.83. The van der Waals surface area contributed by atoms with E-state index in [0.29, 0.717) is 0 Å². The Bertz CT molecular complexity index is 967. The lowest BCUT2D eigenvalue weighted by atomic mass is 10.3. The molecule has 7 nitrogen and oxygen atoms in total. The number of anilines is 1. The quantitative estimate of drug-likeness (QED) is 0.764. The Morgan fingerprint density at radius 1 is 0.957 bits per heavy atom. The van der Waals surface area contributed by atoms with E-state index in [0.717, 1.165) is 12.3 Å². The molecule has 2 N–H and O–H groups in total. The average Bonchev–Trinajstić information content (AvgIpc) is 2.46. The Balaban J connectivity index is 2.40. The number of benzene rings is 2. The number of nitrogens with one attached hydrogen (secondary N) is 1. The third-order valence-corrected chi connectivity index (χ3v) is 5.98. The molecule has 0 fully saturated rings. The van der Waals surface area contributed by atoms with Crippen LogP contribution in [0.15, 0.2) is 63.2 Å². The van der Waals surface area contributed by atoms with Gasteiger partial charge in [-0.05, 0) is 36.4 Å². The largest absolute Gasteiger partial charge is 0.302 e. The molecule has 2 aromatic carbocycles. The number of rotatable bonds is 5. The van der Waals surface area contributed by atoms with E-state index in [2.05, 4.69) is 4.72 Å². The van der Waals surface area contributed by atoms with Gasteiger partial charge in [-0.2, -0.15) is 0 Å². The fraction of sp³-hybridized carbons (Fsp3) is 0.0769. The molecule has 1 unspecified atom stereocenters. The van der Waals surface area contributed by atoms with Gasteiger partial charge in [-0.1, -0.05) is 12.1 Å². The van der Waals surface area contributed by atoms with Crippen molar-refractivity contribution in [3.05, 3.63) is 48.5 Å². The molecule has 0 amide bonds. The van der Waals surface area contributed by atoms with Crippen molar-refractivity contribution in [1.82, 2.24) is 0 Å². The van der Waals surface area contributed by atoms with Crippen LogP contribution in [0.3, 0.4) is 0 Å². The van der Waals surface area contributed by atoms with Crippen LogP contribution < -0.4 is 4.72 Å². The zero-order valence-electron chi connectivity index (χ0n) is 11.8. The fourth-order valence-corrected chi connectivity index (χ4v) is 4.01. The zero-order chi connectivity index (χ0) is 17.3. The highest BCUT2D eigenvalue weighted by atomic mass is 32.2. The molecule has 0 aromatic heterocycles. The molecule has 2 rings (SSSR count). The van der Waals surface area contributed by atoms with Crippen LogP contribution in [0.2, 0.25) is 0 Å². The number of hydrogen-bond donors (Lipinski definition) is 2. The van der Waals surface area contributed by atoms with Crippen molar-refractivity contribution in [2.75, 3.05) is 11.0 Å². The van der Waals surface area contributed by atoms with Crippen LogP contribution >= 0.6 is 0 Å². The second kappa shape index (κ2) is 6.40. The first-order valence-corrected chi connectivity index (χ1v) is 10.6. The smallest absolute Gasteiger partial charge is 0.261 e. The first-order valence-electron chi connectivity index (χ1n) is 6.13. The second-order valence-electron chi connectivity index (χ2n) is 4.63. The predicted octanol–water partition coefficient (Wildman–Crippen LogP) is 1.47. The standard InChI is InChI=1S/C13H13NO6S3/c1-22(17,18)12-6-3-7-13(9-12)23(19,20)14-10-4-2-5-11(8-10)21(15)16/h2-9,14H,1H3,(H,15,16). The molecule has 0 aliphatic carbocycles. The molecule has 0 bridgehead atoms. The van der Waals surface area contributed by atoms with Gasteiger partial charge in [0.15, 0.2) is 20.9 Å². The van der Waals surface area contributed by atoms with Crippen LogP contribution in [0, 0.1) is 0 Å². The van der Waals surface area contributed by atoms with Gasteiger partial charge >= 0.3 is 0 Å². The van der Waals surface area contributed by atoms with Crippen LogP contribution in [-0.2, 0) is 30.9 Å². The molecular formula is C13H13NO6S3. The maximum atomic E-state index is 12.3. The van der Waals surface area contributed by atoms with Crippen LogP contribution in [0.4, 0.5) is 5.69 Å². The SMILES string of the molecule is CS(=O)(=O)c1cccc(S(=O)(=O)Nc2cccc(S(=O)O)c2)c1. The highest BCUT2D eigenvalue weighted by molar-refractivity contribution is 7.93. The van der Waals surface area contributed by atoms with E-state index in [4.69, 9.17) is 4.55 Å². The molecule has 0 spiro atoms. The first kappa shape index (κ1) is 17.6. The summed E-state index contributed by atoms with van der Waals surface area (Å²) in [4.78, 5) is -0.309. The lowest BCUT2D eigenvalue weighted by Crippen LogP contribution is -2.13. The Labute approximate surface area is 136 Å². The molecule has 0 aliphatic rings. The van der Waals surface area contributed by atoms with E-state index in [1.54, 1.807) is 0 Å². The highest BCUT2D eigenvalue weighted by Gasteiger charge is 2.17. The van der Waals surface area contributed by atoms with Gasteiger partial charge in [-0.15, -0.1) is 0 Å². The number of sulfonamides is 1. The molecular weight excluding hydrogens is 362 g/mol. The van der Waals surface area contributed by atoms with Gasteiger partial charge in [-0.25, -0.2) is 21.0 Å². The summed E-state index contributed by atoms with van der Waals surface area (Å²) in [5.74, 6) is 0. The van der Waals surface area contributed by atoms with Crippen molar-refractivity contribution in [3.63, 3.8) is 0 Å². The van der Waals surface area contributed by atoms with Crippen molar-refractivity contribution >= 4 is 36.6 Å². The molecule has 0 heterocycles. The Hall–Kier alpha value is -1.75. The predicted molar refractivity (Wildman–Crippen MR) is 85.8 cm³/mol. The summed E-state index contributed by atoms with van der Waals surface area (Å²) in [6, 6.07) is 10.3. The molecule has 2 aromatic rings. The maximum Gasteiger partial charge on any atom is 0.261 e. The topological polar surface area (TPSA) is 118 Å². The summed E-state index contributed by atoms with van der Waals surface area (Å²) in [5.41, 5.74) is 0.0923. The lowest BCUT2D eigenvalue weighted by Gasteiger charge is -2.09. The van der Waals surface area contributed by atoms with E-state index < -0.39 is 30.9 Å². The first-order chi connectivity index (χ1) is 10.6. The van der Waals surface area contributed by atoms with Crippen molar-refractivity contribution in [2.45, 2.75) is 14.7 Å². The lowest BCUT2D eigenvalue weighted by molar-refractivity contribution is 0.564. The average molecular weight is 375 g/mol. The summed E-state index contributed by atoms with van der Waals surface area (Å²) in [6.07, 6.45) is 0.978. The number of hydrogen-bond acceptors (Lipinski definition) is 5. The summed E-state index contributed by atoms with van der Waals surface area (Å²) in [5, 5.41) is 0. The van der Waals surface area contributed by atoms with Crippen molar-refractivity contribution < 1.29 is 25.6 Å². The summed E-state index contributed by atoms with van der Waals surface area (Å²) in [6.45, 7) is 0. The minimum atomic E-state index is -4.03. The Kier molecular flexibility index (Phi) is 4.90. The fourth-order valence-electron chi connectivity index (χ4n) is 1.75. The minimum absolute atomic E-state index is 0.0371. The molecule has 0 aliphatic heterocycles. The van der Waals surface area contributed by atoms with Crippen LogP contribution in [-0.4, -0.2) is 31.9 Å². The molecule has 1 atom stereocenters. The summed E-state index contributed by atoms with van der Waals surface area (Å²) in [7, 11) is -7.58. The molecule has 124 valence electrons. The van der Waals surface area contributed by atoms with E-state index >= 15 is 0 Å². The minimum Gasteiger partial charge on any atom is -0.302 e. The van der Waals surface area contributed by atoms with Gasteiger partial charge in [0.1, 0.15) is 0 Å². The van der Waals surface area contributed by atoms with Crippen LogP contribution in [0.5, 0.6) is 0 Å². The van der Waals surface area contributed by atoms with E-state index in [1.807, 2.05) is 0 Å². The second-order valence-corrected chi connectivity index (χ2v) is 9.30. The van der Waals surface area contributed by atoms with Gasteiger partial charge in [-0.3, -0.25) is 4.72 Å². The molecule has 0 saturated carbocycles. The number of sulfone groups is 1. The molecule has 0 radical (unpaired) electrons. The van der Waals surface area contributed by atoms with Gasteiger partial charge in [0.05, 0.1) is 20.4 Å². The Morgan fingerprint density at radius 3 is 2.17 bits per heavy atom.